The molecule has 1 heterocycles. The molecular weight excluding hydrogens is 293 g/mol. The van der Waals surface area contributed by atoms with Gasteiger partial charge in [0.05, 0.1) is 18.4 Å². The van der Waals surface area contributed by atoms with Gasteiger partial charge in [-0.05, 0) is 24.4 Å². The van der Waals surface area contributed by atoms with E-state index in [1.54, 1.807) is 0 Å². The van der Waals surface area contributed by atoms with Gasteiger partial charge in [-0.25, -0.2) is 4.79 Å². The van der Waals surface area contributed by atoms with E-state index in [1.807, 2.05) is 0 Å². The molecule has 0 atom stereocenters. The molecule has 0 aliphatic rings. The smallest absolute Gasteiger partial charge is 0.416 e. The van der Waals surface area contributed by atoms with E-state index >= 15 is 0 Å². The van der Waals surface area contributed by atoms with Gasteiger partial charge in [0, 0.05) is 5.56 Å². The lowest BCUT2D eigenvalue weighted by Crippen LogP contribution is -2.06. The molecule has 0 amide bonds. The summed E-state index contributed by atoms with van der Waals surface area (Å²) >= 11 is 4.85. The van der Waals surface area contributed by atoms with E-state index in [4.69, 9.17) is 12.2 Å². The topological polar surface area (TPSA) is 57.9 Å². The van der Waals surface area contributed by atoms with Gasteiger partial charge >= 0.3 is 12.1 Å². The number of carbonyl (C=O) groups is 1. The minimum Gasteiger partial charge on any atom is -0.464 e. The normalized spacial score (nSPS) is 11.4. The average molecular weight is 302 g/mol. The number of H-pyrrole nitrogens is 2. The van der Waals surface area contributed by atoms with Crippen molar-refractivity contribution < 1.29 is 22.7 Å². The highest BCUT2D eigenvalue weighted by molar-refractivity contribution is 7.71. The van der Waals surface area contributed by atoms with Crippen LogP contribution in [0.2, 0.25) is 0 Å². The van der Waals surface area contributed by atoms with Crippen LogP contribution in [-0.4, -0.2) is 23.0 Å². The molecule has 0 spiro atoms. The first-order valence-electron chi connectivity index (χ1n) is 5.41. The highest BCUT2D eigenvalue weighted by Crippen LogP contribution is 2.32. The van der Waals surface area contributed by atoms with Crippen molar-refractivity contribution in [3.8, 4) is 11.3 Å². The van der Waals surface area contributed by atoms with Crippen molar-refractivity contribution in [1.82, 2.24) is 9.97 Å². The maximum atomic E-state index is 12.7. The van der Waals surface area contributed by atoms with Gasteiger partial charge in [0.25, 0.3) is 0 Å². The van der Waals surface area contributed by atoms with Crippen LogP contribution in [0, 0.1) is 4.77 Å². The minimum atomic E-state index is -4.46. The fourth-order valence-electron chi connectivity index (χ4n) is 1.71. The molecule has 106 valence electrons. The molecule has 1 aromatic heterocycles. The SMILES string of the molecule is COC(=O)c1[nH]c(=S)[nH]c1-c1cccc(C(F)(F)F)c1. The highest BCUT2D eigenvalue weighted by Gasteiger charge is 2.31. The van der Waals surface area contributed by atoms with Gasteiger partial charge in [-0.15, -0.1) is 0 Å². The molecule has 4 nitrogen and oxygen atoms in total. The second-order valence-corrected chi connectivity index (χ2v) is 4.31. The van der Waals surface area contributed by atoms with Crippen LogP contribution in [0.15, 0.2) is 24.3 Å². The summed E-state index contributed by atoms with van der Waals surface area (Å²) in [6.07, 6.45) is -4.46. The fourth-order valence-corrected chi connectivity index (χ4v) is 1.91. The first-order chi connectivity index (χ1) is 9.32. The number of benzene rings is 1. The molecule has 2 rings (SSSR count). The Morgan fingerprint density at radius 2 is 2.00 bits per heavy atom. The van der Waals surface area contributed by atoms with Crippen LogP contribution >= 0.6 is 12.2 Å². The zero-order valence-corrected chi connectivity index (χ0v) is 11.0. The Balaban J connectivity index is 2.58. The number of esters is 1. The monoisotopic (exact) mass is 302 g/mol. The van der Waals surface area contributed by atoms with Gasteiger partial charge in [-0.2, -0.15) is 13.2 Å². The zero-order valence-electron chi connectivity index (χ0n) is 10.2. The molecule has 20 heavy (non-hydrogen) atoms. The summed E-state index contributed by atoms with van der Waals surface area (Å²) in [5, 5.41) is 0. The molecule has 2 aromatic rings. The second-order valence-electron chi connectivity index (χ2n) is 3.90. The van der Waals surface area contributed by atoms with Crippen LogP contribution in [0.5, 0.6) is 0 Å². The molecule has 0 aliphatic carbocycles. The van der Waals surface area contributed by atoms with Crippen LogP contribution in [-0.2, 0) is 10.9 Å². The second kappa shape index (κ2) is 5.12. The number of imidazole rings is 1. The molecule has 1 aromatic carbocycles. The van der Waals surface area contributed by atoms with Crippen molar-refractivity contribution in [2.75, 3.05) is 7.11 Å². The third-order valence-electron chi connectivity index (χ3n) is 2.60. The van der Waals surface area contributed by atoms with E-state index in [2.05, 4.69) is 14.7 Å². The Morgan fingerprint density at radius 3 is 2.60 bits per heavy atom. The maximum Gasteiger partial charge on any atom is 0.416 e. The Hall–Kier alpha value is -2.09. The van der Waals surface area contributed by atoms with Crippen LogP contribution in [0.25, 0.3) is 11.3 Å². The lowest BCUT2D eigenvalue weighted by Gasteiger charge is -2.08. The lowest BCUT2D eigenvalue weighted by molar-refractivity contribution is -0.137. The fraction of sp³-hybridized carbons (Fsp3) is 0.167. The van der Waals surface area contributed by atoms with Crippen molar-refractivity contribution in [3.05, 3.63) is 40.3 Å². The molecule has 0 radical (unpaired) electrons. The molecule has 0 saturated carbocycles. The molecule has 0 aliphatic heterocycles. The van der Waals surface area contributed by atoms with Gasteiger partial charge in [-0.3, -0.25) is 0 Å². The van der Waals surface area contributed by atoms with E-state index in [1.165, 1.54) is 19.2 Å². The zero-order chi connectivity index (χ0) is 14.9. The number of ether oxygens (including phenoxy) is 1. The summed E-state index contributed by atoms with van der Waals surface area (Å²) in [5.74, 6) is -0.718. The predicted octanol–water partition coefficient (Wildman–Crippen LogP) is 3.54. The minimum absolute atomic E-state index is 0.0168. The molecule has 0 saturated heterocycles. The van der Waals surface area contributed by atoms with E-state index < -0.39 is 17.7 Å². The summed E-state index contributed by atoms with van der Waals surface area (Å²) in [5.41, 5.74) is -0.483. The highest BCUT2D eigenvalue weighted by atomic mass is 32.1. The third-order valence-corrected chi connectivity index (χ3v) is 2.80. The number of nitrogens with one attached hydrogen (secondary N) is 2. The van der Waals surface area contributed by atoms with E-state index in [9.17, 15) is 18.0 Å². The number of alkyl halides is 3. The summed E-state index contributed by atoms with van der Waals surface area (Å²) in [4.78, 5) is 16.8. The molecule has 0 fully saturated rings. The number of halogens is 3. The van der Waals surface area contributed by atoms with Crippen molar-refractivity contribution in [2.24, 2.45) is 0 Å². The van der Waals surface area contributed by atoms with Gasteiger partial charge in [0.1, 0.15) is 0 Å². The van der Waals surface area contributed by atoms with Gasteiger partial charge in [0.2, 0.25) is 0 Å². The first-order valence-corrected chi connectivity index (χ1v) is 5.82. The number of rotatable bonds is 2. The van der Waals surface area contributed by atoms with Crippen molar-refractivity contribution >= 4 is 18.2 Å². The quantitative estimate of drug-likeness (QED) is 0.659. The van der Waals surface area contributed by atoms with E-state index in [-0.39, 0.29) is 21.7 Å². The van der Waals surface area contributed by atoms with Crippen LogP contribution in [0.1, 0.15) is 16.1 Å². The van der Waals surface area contributed by atoms with Crippen LogP contribution < -0.4 is 0 Å². The number of carbonyl (C=O) groups excluding carboxylic acids is 1. The Morgan fingerprint density at radius 1 is 1.30 bits per heavy atom. The Bertz CT molecular complexity index is 703. The maximum absolute atomic E-state index is 12.7. The van der Waals surface area contributed by atoms with Crippen molar-refractivity contribution in [2.45, 2.75) is 6.18 Å². The third kappa shape index (κ3) is 2.74. The largest absolute Gasteiger partial charge is 0.464 e. The number of hydrogen-bond donors (Lipinski definition) is 2. The Kier molecular flexibility index (Phi) is 3.67. The number of methoxy groups -OCH3 is 1. The first kappa shape index (κ1) is 14.3. The van der Waals surface area contributed by atoms with E-state index in [0.29, 0.717) is 0 Å². The molecule has 8 heteroatoms. The summed E-state index contributed by atoms with van der Waals surface area (Å²) in [6.45, 7) is 0. The van der Waals surface area contributed by atoms with Gasteiger partial charge in [-0.1, -0.05) is 12.1 Å². The lowest BCUT2D eigenvalue weighted by atomic mass is 10.1. The number of aromatic nitrogens is 2. The number of hydrogen-bond acceptors (Lipinski definition) is 3. The van der Waals surface area contributed by atoms with Gasteiger partial charge in [0.15, 0.2) is 10.5 Å². The van der Waals surface area contributed by atoms with Crippen LogP contribution in [0.3, 0.4) is 0 Å². The van der Waals surface area contributed by atoms with Crippen molar-refractivity contribution in [3.63, 3.8) is 0 Å². The van der Waals surface area contributed by atoms with Crippen molar-refractivity contribution in [1.29, 1.82) is 0 Å². The summed E-state index contributed by atoms with van der Waals surface area (Å²) in [6, 6.07) is 4.57. The molecule has 0 unspecified atom stereocenters. The molecule has 2 N–H and O–H groups in total. The van der Waals surface area contributed by atoms with Crippen LogP contribution in [0.4, 0.5) is 13.2 Å². The Labute approximate surface area is 116 Å². The van der Waals surface area contributed by atoms with E-state index in [0.717, 1.165) is 12.1 Å². The molecule has 0 bridgehead atoms. The average Bonchev–Trinajstić information content (AvgIpc) is 2.79. The summed E-state index contributed by atoms with van der Waals surface area (Å²) < 4.78 is 42.7. The summed E-state index contributed by atoms with van der Waals surface area (Å²) in [7, 11) is 1.17. The standard InChI is InChI=1S/C12H9F3N2O2S/c1-19-10(18)9-8(16-11(20)17-9)6-3-2-4-7(5-6)12(13,14)15/h2-5H,1H3,(H2,16,17,20). The van der Waals surface area contributed by atoms with Gasteiger partial charge < -0.3 is 14.7 Å². The number of aromatic amines is 2. The predicted molar refractivity (Wildman–Crippen MR) is 67.8 cm³/mol. The molecular formula is C12H9F3N2O2S.